The van der Waals surface area contributed by atoms with E-state index in [1.807, 2.05) is 0 Å². The topological polar surface area (TPSA) is 107 Å². The summed E-state index contributed by atoms with van der Waals surface area (Å²) in [6.07, 6.45) is 7.19. The van der Waals surface area contributed by atoms with E-state index in [0.29, 0.717) is 5.82 Å². The number of nitrogens with zero attached hydrogens (tertiary/aromatic N) is 4. The molecule has 2 aliphatic carbocycles. The van der Waals surface area contributed by atoms with E-state index < -0.39 is 21.5 Å². The zero-order valence-electron chi connectivity index (χ0n) is 12.4. The minimum absolute atomic E-state index is 0.119. The van der Waals surface area contributed by atoms with Gasteiger partial charge in [-0.05, 0) is 36.1 Å². The van der Waals surface area contributed by atoms with Crippen LogP contribution in [0.5, 0.6) is 0 Å². The van der Waals surface area contributed by atoms with Crippen LogP contribution in [0.4, 0.5) is 0 Å². The van der Waals surface area contributed by atoms with Gasteiger partial charge in [-0.25, -0.2) is 13.1 Å². The number of amides is 1. The van der Waals surface area contributed by atoms with Gasteiger partial charge in [0.1, 0.15) is 11.5 Å². The highest BCUT2D eigenvalue weighted by Crippen LogP contribution is 2.34. The Balaban J connectivity index is 1.55. The van der Waals surface area contributed by atoms with Gasteiger partial charge in [-0.15, -0.1) is 5.10 Å². The number of hydrogen-bond acceptors (Lipinski definition) is 6. The van der Waals surface area contributed by atoms with Crippen LogP contribution in [0.15, 0.2) is 0 Å². The second-order valence-corrected chi connectivity index (χ2v) is 8.27. The molecule has 0 bridgehead atoms. The smallest absolute Gasteiger partial charge is 0.235 e. The van der Waals surface area contributed by atoms with Gasteiger partial charge in [0, 0.05) is 6.04 Å². The van der Waals surface area contributed by atoms with Crippen LogP contribution in [0.25, 0.3) is 0 Å². The molecule has 22 heavy (non-hydrogen) atoms. The Hall–Kier alpha value is -1.51. The molecule has 9 heteroatoms. The van der Waals surface area contributed by atoms with Crippen LogP contribution < -0.4 is 5.32 Å². The van der Waals surface area contributed by atoms with Crippen molar-refractivity contribution in [2.45, 2.75) is 62.8 Å². The van der Waals surface area contributed by atoms with Crippen molar-refractivity contribution in [2.24, 2.45) is 0 Å². The van der Waals surface area contributed by atoms with Crippen LogP contribution in [0.3, 0.4) is 0 Å². The molecule has 2 aliphatic rings. The van der Waals surface area contributed by atoms with Gasteiger partial charge in [0.25, 0.3) is 0 Å². The molecular formula is C13H21N5O3S. The van der Waals surface area contributed by atoms with Crippen molar-refractivity contribution in [3.63, 3.8) is 0 Å². The van der Waals surface area contributed by atoms with Gasteiger partial charge in [0.15, 0.2) is 15.7 Å². The first-order valence-electron chi connectivity index (χ1n) is 7.80. The average Bonchev–Trinajstić information content (AvgIpc) is 3.20. The minimum Gasteiger partial charge on any atom is -0.352 e. The fourth-order valence-electron chi connectivity index (χ4n) is 2.87. The second kappa shape index (κ2) is 6.31. The van der Waals surface area contributed by atoms with E-state index in [1.54, 1.807) is 4.68 Å². The van der Waals surface area contributed by atoms with Crippen molar-refractivity contribution in [3.05, 3.63) is 5.82 Å². The molecule has 0 atom stereocenters. The first kappa shape index (κ1) is 15.4. The zero-order valence-corrected chi connectivity index (χ0v) is 13.3. The normalized spacial score (nSPS) is 20.0. The Morgan fingerprint density at radius 2 is 1.91 bits per heavy atom. The van der Waals surface area contributed by atoms with E-state index in [4.69, 9.17) is 0 Å². The molecule has 1 heterocycles. The monoisotopic (exact) mass is 327 g/mol. The molecule has 122 valence electrons. The maximum atomic E-state index is 12.2. The number of carbonyl (C=O) groups is 1. The summed E-state index contributed by atoms with van der Waals surface area (Å²) < 4.78 is 25.9. The lowest BCUT2D eigenvalue weighted by molar-refractivity contribution is -0.119. The largest absolute Gasteiger partial charge is 0.352 e. The van der Waals surface area contributed by atoms with Crippen LogP contribution in [0.2, 0.25) is 0 Å². The molecular weight excluding hydrogens is 306 g/mol. The summed E-state index contributed by atoms with van der Waals surface area (Å²) in [4.78, 5) is 11.9. The maximum Gasteiger partial charge on any atom is 0.235 e. The highest BCUT2D eigenvalue weighted by molar-refractivity contribution is 7.91. The Labute approximate surface area is 129 Å². The lowest BCUT2D eigenvalue weighted by Gasteiger charge is -2.22. The van der Waals surface area contributed by atoms with Crippen LogP contribution in [0.1, 0.15) is 56.8 Å². The summed E-state index contributed by atoms with van der Waals surface area (Å²) in [6.45, 7) is 0. The molecule has 3 rings (SSSR count). The van der Waals surface area contributed by atoms with Gasteiger partial charge in [0.2, 0.25) is 5.91 Å². The van der Waals surface area contributed by atoms with Crippen molar-refractivity contribution in [1.29, 1.82) is 0 Å². The third kappa shape index (κ3) is 4.02. The molecule has 0 aromatic carbocycles. The van der Waals surface area contributed by atoms with Crippen molar-refractivity contribution < 1.29 is 13.2 Å². The summed E-state index contributed by atoms with van der Waals surface area (Å²) in [7, 11) is -3.56. The van der Waals surface area contributed by atoms with E-state index in [0.717, 1.165) is 38.5 Å². The highest BCUT2D eigenvalue weighted by atomic mass is 32.2. The van der Waals surface area contributed by atoms with Gasteiger partial charge in [-0.3, -0.25) is 4.79 Å². The van der Waals surface area contributed by atoms with Crippen molar-refractivity contribution >= 4 is 15.7 Å². The van der Waals surface area contributed by atoms with Gasteiger partial charge in [-0.2, -0.15) is 0 Å². The Morgan fingerprint density at radius 1 is 1.18 bits per heavy atom. The van der Waals surface area contributed by atoms with Crippen molar-refractivity contribution in [3.8, 4) is 0 Å². The number of rotatable bonds is 6. The minimum atomic E-state index is -3.56. The van der Waals surface area contributed by atoms with E-state index in [-0.39, 0.29) is 17.8 Å². The molecule has 0 aliphatic heterocycles. The molecule has 0 radical (unpaired) electrons. The molecule has 1 aromatic heterocycles. The van der Waals surface area contributed by atoms with Crippen molar-refractivity contribution in [2.75, 3.05) is 5.75 Å². The maximum absolute atomic E-state index is 12.2. The van der Waals surface area contributed by atoms with Crippen LogP contribution in [-0.2, 0) is 20.4 Å². The van der Waals surface area contributed by atoms with Crippen LogP contribution in [-0.4, -0.2) is 46.3 Å². The third-order valence-corrected chi connectivity index (χ3v) is 5.52. The Morgan fingerprint density at radius 3 is 2.59 bits per heavy atom. The zero-order chi connectivity index (χ0) is 15.6. The fraction of sp³-hybridized carbons (Fsp3) is 0.846. The third-order valence-electron chi connectivity index (χ3n) is 4.12. The summed E-state index contributed by atoms with van der Waals surface area (Å²) in [5, 5.41) is 14.0. The Bertz CT molecular complexity index is 632. The van der Waals surface area contributed by atoms with Crippen LogP contribution >= 0.6 is 0 Å². The van der Waals surface area contributed by atoms with E-state index in [9.17, 15) is 13.2 Å². The summed E-state index contributed by atoms with van der Waals surface area (Å²) in [6, 6.07) is 0.337. The number of nitrogens with one attached hydrogen (secondary N) is 1. The quantitative estimate of drug-likeness (QED) is 0.809. The summed E-state index contributed by atoms with van der Waals surface area (Å²) >= 11 is 0. The first-order valence-corrected chi connectivity index (χ1v) is 9.62. The lowest BCUT2D eigenvalue weighted by atomic mass is 9.95. The molecule has 1 amide bonds. The molecule has 2 saturated carbocycles. The SMILES string of the molecule is O=C(CS(=O)(=O)Cc1nnnn1C1CC1)NC1CCCCC1. The predicted molar refractivity (Wildman–Crippen MR) is 78.6 cm³/mol. The van der Waals surface area contributed by atoms with Gasteiger partial charge in [0.05, 0.1) is 6.04 Å². The van der Waals surface area contributed by atoms with Crippen LogP contribution in [0, 0.1) is 0 Å². The van der Waals surface area contributed by atoms with Gasteiger partial charge < -0.3 is 5.32 Å². The second-order valence-electron chi connectivity index (χ2n) is 6.21. The highest BCUT2D eigenvalue weighted by Gasteiger charge is 2.30. The Kier molecular flexibility index (Phi) is 4.42. The number of carbonyl (C=O) groups excluding carboxylic acids is 1. The molecule has 2 fully saturated rings. The number of aromatic nitrogens is 4. The van der Waals surface area contributed by atoms with E-state index in [1.165, 1.54) is 6.42 Å². The predicted octanol–water partition coefficient (Wildman–Crippen LogP) is 0.372. The number of sulfone groups is 1. The van der Waals surface area contributed by atoms with Crippen molar-refractivity contribution in [1.82, 2.24) is 25.5 Å². The molecule has 8 nitrogen and oxygen atoms in total. The lowest BCUT2D eigenvalue weighted by Crippen LogP contribution is -2.39. The summed E-state index contributed by atoms with van der Waals surface area (Å²) in [5.41, 5.74) is 0. The van der Waals surface area contributed by atoms with Gasteiger partial charge >= 0.3 is 0 Å². The van der Waals surface area contributed by atoms with E-state index in [2.05, 4.69) is 20.8 Å². The molecule has 0 spiro atoms. The fourth-order valence-corrected chi connectivity index (χ4v) is 4.04. The molecule has 1 N–H and O–H groups in total. The van der Waals surface area contributed by atoms with Gasteiger partial charge in [-0.1, -0.05) is 19.3 Å². The molecule has 0 unspecified atom stereocenters. The van der Waals surface area contributed by atoms with E-state index >= 15 is 0 Å². The summed E-state index contributed by atoms with van der Waals surface area (Å²) in [5.74, 6) is -0.874. The average molecular weight is 327 g/mol. The standard InChI is InChI=1S/C13H21N5O3S/c19-13(14-10-4-2-1-3-5-10)9-22(20,21)8-12-15-16-17-18(12)11-6-7-11/h10-11H,1-9H2,(H,14,19). The first-order chi connectivity index (χ1) is 10.5. The number of tetrazole rings is 1. The molecule has 1 aromatic rings. The number of hydrogen-bond donors (Lipinski definition) is 1. The molecule has 0 saturated heterocycles.